The van der Waals surface area contributed by atoms with Crippen molar-refractivity contribution in [1.29, 1.82) is 0 Å². The monoisotopic (exact) mass is 589 g/mol. The molecule has 43 heavy (non-hydrogen) atoms. The molecule has 3 heterocycles. The fourth-order valence-electron chi connectivity index (χ4n) is 5.94. The maximum Gasteiger partial charge on any atom is 0.410 e. The fraction of sp³-hybridized carbons (Fsp3) is 0.545. The summed E-state index contributed by atoms with van der Waals surface area (Å²) in [5.74, 6) is 2.93. The van der Waals surface area contributed by atoms with Crippen LogP contribution in [0.4, 0.5) is 22.2 Å². The van der Waals surface area contributed by atoms with E-state index in [1.165, 1.54) is 11.3 Å². The molecule has 0 saturated carbocycles. The van der Waals surface area contributed by atoms with E-state index in [1.54, 1.807) is 19.1 Å². The molecule has 1 aromatic heterocycles. The van der Waals surface area contributed by atoms with Gasteiger partial charge in [-0.3, -0.25) is 4.90 Å². The number of nitrogens with one attached hydrogen (secondary N) is 1. The molecule has 0 aliphatic carbocycles. The predicted octanol–water partition coefficient (Wildman–Crippen LogP) is 5.08. The van der Waals surface area contributed by atoms with E-state index >= 15 is 0 Å². The van der Waals surface area contributed by atoms with Gasteiger partial charge in [0.1, 0.15) is 17.2 Å². The summed E-state index contributed by atoms with van der Waals surface area (Å²) in [5, 5.41) is 4.82. The molecule has 0 spiro atoms. The van der Waals surface area contributed by atoms with Gasteiger partial charge in [0, 0.05) is 89.0 Å². The van der Waals surface area contributed by atoms with Crippen LogP contribution in [0.5, 0.6) is 5.75 Å². The minimum absolute atomic E-state index is 0.286. The number of aromatic nitrogens is 2. The lowest BCUT2D eigenvalue weighted by atomic mass is 10.0. The summed E-state index contributed by atoms with van der Waals surface area (Å²) in [4.78, 5) is 30.8. The SMILES string of the molecule is COc1cccc(N(C)C)c1CN1CCC(Nc2nc(N3CC(CN(C)C(=O)OC(C)(C)C)C3)nc3ccccc23)CC1. The Bertz CT molecular complexity index is 1410. The van der Waals surface area contributed by atoms with Gasteiger partial charge in [0.25, 0.3) is 0 Å². The number of hydrogen-bond acceptors (Lipinski definition) is 9. The number of nitrogens with zero attached hydrogens (tertiary/aromatic N) is 6. The van der Waals surface area contributed by atoms with Gasteiger partial charge in [0.15, 0.2) is 0 Å². The van der Waals surface area contributed by atoms with Crippen molar-refractivity contribution in [3.8, 4) is 5.75 Å². The van der Waals surface area contributed by atoms with E-state index in [0.717, 1.165) is 74.0 Å². The van der Waals surface area contributed by atoms with Crippen molar-refractivity contribution < 1.29 is 14.3 Å². The number of carbonyl (C=O) groups is 1. The average molecular weight is 590 g/mol. The lowest BCUT2D eigenvalue weighted by Crippen LogP contribution is -2.52. The highest BCUT2D eigenvalue weighted by Crippen LogP contribution is 2.32. The Kier molecular flexibility index (Phi) is 9.15. The second kappa shape index (κ2) is 12.8. The number of carbonyl (C=O) groups excluding carboxylic acids is 1. The zero-order valence-electron chi connectivity index (χ0n) is 26.8. The number of hydrogen-bond donors (Lipinski definition) is 1. The van der Waals surface area contributed by atoms with E-state index in [9.17, 15) is 4.79 Å². The number of fused-ring (bicyclic) bond motifs is 1. The quantitative estimate of drug-likeness (QED) is 0.367. The molecule has 2 aliphatic heterocycles. The van der Waals surface area contributed by atoms with Crippen LogP contribution < -0.4 is 19.9 Å². The first kappa shape index (κ1) is 30.7. The van der Waals surface area contributed by atoms with Crippen LogP contribution in [0.3, 0.4) is 0 Å². The highest BCUT2D eigenvalue weighted by Gasteiger charge is 2.32. The molecule has 0 unspecified atom stereocenters. The van der Waals surface area contributed by atoms with Crippen LogP contribution >= 0.6 is 0 Å². The molecule has 2 fully saturated rings. The number of methoxy groups -OCH3 is 1. The average Bonchev–Trinajstić information content (AvgIpc) is 2.94. The van der Waals surface area contributed by atoms with Crippen LogP contribution in [0.15, 0.2) is 42.5 Å². The third-order valence-electron chi connectivity index (χ3n) is 8.19. The Morgan fingerprint density at radius 3 is 2.42 bits per heavy atom. The highest BCUT2D eigenvalue weighted by molar-refractivity contribution is 5.90. The zero-order chi connectivity index (χ0) is 30.7. The number of ether oxygens (including phenoxy) is 2. The topological polar surface area (TPSA) is 86.3 Å². The smallest absolute Gasteiger partial charge is 0.410 e. The molecule has 0 bridgehead atoms. The Hall–Kier alpha value is -3.79. The first-order chi connectivity index (χ1) is 20.5. The summed E-state index contributed by atoms with van der Waals surface area (Å²) in [6, 6.07) is 14.8. The standard InChI is InChI=1S/C33H47N7O3/c1-33(2,3)43-32(41)38(6)19-23-20-40(21-23)31-35-27-12-9-8-11-25(27)30(36-31)34-24-15-17-39(18-16-24)22-26-28(37(4)5)13-10-14-29(26)42-7/h8-14,23-24H,15-22H2,1-7H3,(H,34,35,36). The van der Waals surface area contributed by atoms with Crippen LogP contribution in [0.1, 0.15) is 39.2 Å². The van der Waals surface area contributed by atoms with Crippen molar-refractivity contribution >= 4 is 34.4 Å². The summed E-state index contributed by atoms with van der Waals surface area (Å²) in [7, 11) is 7.71. The van der Waals surface area contributed by atoms with Crippen molar-refractivity contribution in [2.75, 3.05) is 76.1 Å². The molecule has 5 rings (SSSR count). The maximum absolute atomic E-state index is 12.4. The van der Waals surface area contributed by atoms with Gasteiger partial charge in [-0.25, -0.2) is 9.78 Å². The van der Waals surface area contributed by atoms with Gasteiger partial charge in [-0.15, -0.1) is 0 Å². The molecule has 0 atom stereocenters. The third-order valence-corrected chi connectivity index (χ3v) is 8.19. The van der Waals surface area contributed by atoms with Crippen molar-refractivity contribution in [1.82, 2.24) is 19.8 Å². The third kappa shape index (κ3) is 7.41. The molecule has 232 valence electrons. The largest absolute Gasteiger partial charge is 0.496 e. The molecule has 1 amide bonds. The first-order valence-electron chi connectivity index (χ1n) is 15.3. The Morgan fingerprint density at radius 2 is 1.74 bits per heavy atom. The van der Waals surface area contributed by atoms with Gasteiger partial charge in [-0.1, -0.05) is 18.2 Å². The van der Waals surface area contributed by atoms with Gasteiger partial charge in [0.05, 0.1) is 12.6 Å². The molecule has 2 aliphatic rings. The normalized spacial score (nSPS) is 16.6. The first-order valence-corrected chi connectivity index (χ1v) is 15.3. The van der Waals surface area contributed by atoms with E-state index in [0.29, 0.717) is 18.5 Å². The van der Waals surface area contributed by atoms with E-state index in [1.807, 2.05) is 39.0 Å². The molecule has 0 radical (unpaired) electrons. The van der Waals surface area contributed by atoms with E-state index in [2.05, 4.69) is 58.4 Å². The summed E-state index contributed by atoms with van der Waals surface area (Å²) in [6.45, 7) is 10.8. The molecule has 1 N–H and O–H groups in total. The molecule has 10 nitrogen and oxygen atoms in total. The van der Waals surface area contributed by atoms with Gasteiger partial charge >= 0.3 is 6.09 Å². The predicted molar refractivity (Wildman–Crippen MR) is 173 cm³/mol. The highest BCUT2D eigenvalue weighted by atomic mass is 16.6. The van der Waals surface area contributed by atoms with Crippen molar-refractivity contribution in [3.63, 3.8) is 0 Å². The van der Waals surface area contributed by atoms with Crippen LogP contribution in [0.2, 0.25) is 0 Å². The van der Waals surface area contributed by atoms with Crippen LogP contribution in [0, 0.1) is 5.92 Å². The lowest BCUT2D eigenvalue weighted by molar-refractivity contribution is 0.0265. The minimum atomic E-state index is -0.499. The molecular formula is C33H47N7O3. The fourth-order valence-corrected chi connectivity index (χ4v) is 5.94. The Balaban J connectivity index is 1.21. The van der Waals surface area contributed by atoms with Crippen molar-refractivity contribution in [2.24, 2.45) is 5.92 Å². The second-order valence-corrected chi connectivity index (χ2v) is 13.1. The van der Waals surface area contributed by atoms with Gasteiger partial charge in [-0.2, -0.15) is 4.98 Å². The number of anilines is 3. The zero-order valence-corrected chi connectivity index (χ0v) is 26.8. The maximum atomic E-state index is 12.4. The molecule has 10 heteroatoms. The van der Waals surface area contributed by atoms with Gasteiger partial charge < -0.3 is 29.5 Å². The number of benzene rings is 2. The number of para-hydroxylation sites is 1. The molecular weight excluding hydrogens is 542 g/mol. The molecule has 2 aromatic carbocycles. The summed E-state index contributed by atoms with van der Waals surface area (Å²) < 4.78 is 11.2. The summed E-state index contributed by atoms with van der Waals surface area (Å²) in [5.41, 5.74) is 2.87. The minimum Gasteiger partial charge on any atom is -0.496 e. The van der Waals surface area contributed by atoms with E-state index < -0.39 is 5.60 Å². The lowest BCUT2D eigenvalue weighted by Gasteiger charge is -2.41. The Labute approximate surface area is 256 Å². The van der Waals surface area contributed by atoms with Gasteiger partial charge in [0.2, 0.25) is 5.95 Å². The van der Waals surface area contributed by atoms with Crippen LogP contribution in [-0.4, -0.2) is 98.5 Å². The summed E-state index contributed by atoms with van der Waals surface area (Å²) in [6.07, 6.45) is 1.78. The van der Waals surface area contributed by atoms with Gasteiger partial charge in [-0.05, 0) is 57.9 Å². The van der Waals surface area contributed by atoms with E-state index in [4.69, 9.17) is 19.4 Å². The number of piperidine rings is 1. The van der Waals surface area contributed by atoms with Crippen LogP contribution in [0.25, 0.3) is 10.9 Å². The molecule has 2 saturated heterocycles. The van der Waals surface area contributed by atoms with E-state index in [-0.39, 0.29) is 6.09 Å². The van der Waals surface area contributed by atoms with Crippen molar-refractivity contribution in [3.05, 3.63) is 48.0 Å². The number of likely N-dealkylation sites (tertiary alicyclic amines) is 1. The summed E-state index contributed by atoms with van der Waals surface area (Å²) >= 11 is 0. The van der Waals surface area contributed by atoms with Crippen molar-refractivity contribution in [2.45, 2.75) is 51.8 Å². The number of amides is 1. The van der Waals surface area contributed by atoms with Crippen LogP contribution in [-0.2, 0) is 11.3 Å². The second-order valence-electron chi connectivity index (χ2n) is 13.1. The Morgan fingerprint density at radius 1 is 1.02 bits per heavy atom. The molecule has 3 aromatic rings. The number of rotatable bonds is 9.